The Morgan fingerprint density at radius 3 is 2.17 bits per heavy atom. The first-order valence-electron chi connectivity index (χ1n) is 10.4. The predicted molar refractivity (Wildman–Crippen MR) is 113 cm³/mol. The molecule has 4 rings (SSSR count). The van der Waals surface area contributed by atoms with Crippen molar-refractivity contribution in [2.45, 2.75) is 56.5 Å². The van der Waals surface area contributed by atoms with Crippen LogP contribution in [0.1, 0.15) is 42.4 Å². The number of amides is 1. The third kappa shape index (κ3) is 4.09. The molecule has 1 atom stereocenters. The number of benzene rings is 2. The van der Waals surface area contributed by atoms with Crippen molar-refractivity contribution in [1.29, 1.82) is 0 Å². The first kappa shape index (κ1) is 20.1. The molecule has 0 radical (unpaired) electrons. The molecule has 2 aliphatic heterocycles. The van der Waals surface area contributed by atoms with Gasteiger partial charge in [-0.25, -0.2) is 8.42 Å². The quantitative estimate of drug-likeness (QED) is 0.775. The Hall–Kier alpha value is -2.18. The molecule has 0 aliphatic carbocycles. The topological polar surface area (TPSA) is 57.7 Å². The summed E-state index contributed by atoms with van der Waals surface area (Å²) in [6.07, 6.45) is 4.65. The van der Waals surface area contributed by atoms with E-state index in [9.17, 15) is 13.2 Å². The molecule has 5 nitrogen and oxygen atoms in total. The lowest BCUT2D eigenvalue weighted by Crippen LogP contribution is -2.53. The molecule has 0 N–H and O–H groups in total. The Kier molecular flexibility index (Phi) is 5.74. The van der Waals surface area contributed by atoms with Crippen LogP contribution in [0.15, 0.2) is 53.4 Å². The van der Waals surface area contributed by atoms with Crippen molar-refractivity contribution in [2.75, 3.05) is 13.1 Å². The minimum Gasteiger partial charge on any atom is -0.341 e. The Labute approximate surface area is 173 Å². The average molecular weight is 413 g/mol. The zero-order chi connectivity index (χ0) is 20.4. The fraction of sp³-hybridized carbons (Fsp3) is 0.435. The first-order valence-corrected chi connectivity index (χ1v) is 11.8. The van der Waals surface area contributed by atoms with Crippen LogP contribution in [0.5, 0.6) is 0 Å². The molecule has 0 unspecified atom stereocenters. The molecule has 0 spiro atoms. The van der Waals surface area contributed by atoms with Crippen LogP contribution in [0.25, 0.3) is 0 Å². The first-order chi connectivity index (χ1) is 14.0. The largest absolute Gasteiger partial charge is 0.341 e. The number of carbonyl (C=O) groups is 1. The van der Waals surface area contributed by atoms with Crippen molar-refractivity contribution < 1.29 is 13.2 Å². The van der Waals surface area contributed by atoms with E-state index in [0.717, 1.165) is 55.5 Å². The molecule has 2 heterocycles. The Balaban J connectivity index is 1.71. The second-order valence-electron chi connectivity index (χ2n) is 8.09. The summed E-state index contributed by atoms with van der Waals surface area (Å²) < 4.78 is 28.5. The van der Waals surface area contributed by atoms with E-state index in [1.807, 2.05) is 36.1 Å². The van der Waals surface area contributed by atoms with Gasteiger partial charge in [-0.3, -0.25) is 4.79 Å². The summed E-state index contributed by atoms with van der Waals surface area (Å²) in [6.45, 7) is 3.60. The maximum Gasteiger partial charge on any atom is 0.244 e. The molecular weight excluding hydrogens is 384 g/mol. The molecule has 0 aromatic heterocycles. The second-order valence-corrected chi connectivity index (χ2v) is 9.98. The maximum atomic E-state index is 13.5. The fourth-order valence-electron chi connectivity index (χ4n) is 4.31. The number of rotatable bonds is 3. The maximum absolute atomic E-state index is 13.5. The van der Waals surface area contributed by atoms with Crippen LogP contribution in [-0.2, 0) is 27.8 Å². The lowest BCUT2D eigenvalue weighted by Gasteiger charge is -2.37. The molecule has 2 aromatic carbocycles. The lowest BCUT2D eigenvalue weighted by molar-refractivity contribution is -0.135. The highest BCUT2D eigenvalue weighted by atomic mass is 32.2. The van der Waals surface area contributed by atoms with E-state index in [1.165, 1.54) is 4.31 Å². The Morgan fingerprint density at radius 1 is 0.897 bits per heavy atom. The SMILES string of the molecule is Cc1ccc(S(=O)(=O)N2Cc3ccccc3C[C@H]2C(=O)N2CCCCCC2)cc1. The summed E-state index contributed by atoms with van der Waals surface area (Å²) >= 11 is 0. The molecule has 29 heavy (non-hydrogen) atoms. The van der Waals surface area contributed by atoms with E-state index >= 15 is 0 Å². The van der Waals surface area contributed by atoms with Gasteiger partial charge in [0.1, 0.15) is 6.04 Å². The number of hydrogen-bond acceptors (Lipinski definition) is 3. The number of fused-ring (bicyclic) bond motifs is 1. The van der Waals surface area contributed by atoms with E-state index in [4.69, 9.17) is 0 Å². The smallest absolute Gasteiger partial charge is 0.244 e. The minimum absolute atomic E-state index is 0.0583. The molecule has 6 heteroatoms. The van der Waals surface area contributed by atoms with Crippen LogP contribution in [-0.4, -0.2) is 42.7 Å². The van der Waals surface area contributed by atoms with E-state index in [-0.39, 0.29) is 17.3 Å². The molecule has 0 bridgehead atoms. The summed E-state index contributed by atoms with van der Waals surface area (Å²) in [6, 6.07) is 14.0. The van der Waals surface area contributed by atoms with Gasteiger partial charge in [0.15, 0.2) is 0 Å². The zero-order valence-electron chi connectivity index (χ0n) is 16.9. The highest BCUT2D eigenvalue weighted by molar-refractivity contribution is 7.89. The highest BCUT2D eigenvalue weighted by Gasteiger charge is 2.41. The van der Waals surface area contributed by atoms with Crippen molar-refractivity contribution >= 4 is 15.9 Å². The summed E-state index contributed by atoms with van der Waals surface area (Å²) in [4.78, 5) is 15.6. The molecule has 0 saturated carbocycles. The summed E-state index contributed by atoms with van der Waals surface area (Å²) in [5.41, 5.74) is 3.05. The third-order valence-corrected chi connectivity index (χ3v) is 7.90. The van der Waals surface area contributed by atoms with Crippen molar-refractivity contribution in [3.8, 4) is 0 Å². The number of nitrogens with zero attached hydrogens (tertiary/aromatic N) is 2. The van der Waals surface area contributed by atoms with Crippen LogP contribution >= 0.6 is 0 Å². The van der Waals surface area contributed by atoms with Crippen molar-refractivity contribution in [3.63, 3.8) is 0 Å². The molecule has 2 aromatic rings. The standard InChI is InChI=1S/C23H28N2O3S/c1-18-10-12-21(13-11-18)29(27,28)25-17-20-9-5-4-8-19(20)16-22(25)23(26)24-14-6-2-3-7-15-24/h4-5,8-13,22H,2-3,6-7,14-17H2,1H3/t22-/m0/s1. The Morgan fingerprint density at radius 2 is 1.52 bits per heavy atom. The minimum atomic E-state index is -3.78. The van der Waals surface area contributed by atoms with Crippen molar-refractivity contribution in [1.82, 2.24) is 9.21 Å². The van der Waals surface area contributed by atoms with Crippen molar-refractivity contribution in [3.05, 3.63) is 65.2 Å². The zero-order valence-corrected chi connectivity index (χ0v) is 17.7. The van der Waals surface area contributed by atoms with Crippen LogP contribution in [0.2, 0.25) is 0 Å². The van der Waals surface area contributed by atoms with Gasteiger partial charge in [0, 0.05) is 19.6 Å². The molecule has 2 aliphatic rings. The molecular formula is C23H28N2O3S. The van der Waals surface area contributed by atoms with Gasteiger partial charge in [-0.1, -0.05) is 54.8 Å². The van der Waals surface area contributed by atoms with Gasteiger partial charge < -0.3 is 4.90 Å². The molecule has 1 fully saturated rings. The average Bonchev–Trinajstić information content (AvgIpc) is 3.02. The van der Waals surface area contributed by atoms with Gasteiger partial charge in [0.25, 0.3) is 0 Å². The van der Waals surface area contributed by atoms with E-state index < -0.39 is 16.1 Å². The summed E-state index contributed by atoms with van der Waals surface area (Å²) in [5, 5.41) is 0. The molecule has 154 valence electrons. The predicted octanol–water partition coefficient (Wildman–Crippen LogP) is 3.51. The number of sulfonamides is 1. The number of aryl methyl sites for hydroxylation is 1. The number of carbonyl (C=O) groups excluding carboxylic acids is 1. The molecule has 1 amide bonds. The number of hydrogen-bond donors (Lipinski definition) is 0. The van der Waals surface area contributed by atoms with Gasteiger partial charge in [-0.05, 0) is 49.4 Å². The van der Waals surface area contributed by atoms with Crippen molar-refractivity contribution in [2.24, 2.45) is 0 Å². The van der Waals surface area contributed by atoms with Crippen LogP contribution in [0, 0.1) is 6.92 Å². The van der Waals surface area contributed by atoms with E-state index in [1.54, 1.807) is 24.3 Å². The monoisotopic (exact) mass is 412 g/mol. The van der Waals surface area contributed by atoms with Gasteiger partial charge in [0.05, 0.1) is 4.90 Å². The number of likely N-dealkylation sites (tertiary alicyclic amines) is 1. The third-order valence-electron chi connectivity index (χ3n) is 6.04. The Bertz CT molecular complexity index is 977. The van der Waals surface area contributed by atoms with Gasteiger partial charge >= 0.3 is 0 Å². The molecule has 1 saturated heterocycles. The highest BCUT2D eigenvalue weighted by Crippen LogP contribution is 2.30. The lowest BCUT2D eigenvalue weighted by atomic mass is 9.95. The van der Waals surface area contributed by atoms with Gasteiger partial charge in [0.2, 0.25) is 15.9 Å². The van der Waals surface area contributed by atoms with Gasteiger partial charge in [-0.2, -0.15) is 4.31 Å². The summed E-state index contributed by atoms with van der Waals surface area (Å²) in [7, 11) is -3.78. The van der Waals surface area contributed by atoms with Gasteiger partial charge in [-0.15, -0.1) is 0 Å². The second kappa shape index (κ2) is 8.28. The normalized spacial score (nSPS) is 20.7. The van der Waals surface area contributed by atoms with Crippen LogP contribution in [0.3, 0.4) is 0 Å². The van der Waals surface area contributed by atoms with E-state index in [2.05, 4.69) is 0 Å². The van der Waals surface area contributed by atoms with E-state index in [0.29, 0.717) is 6.42 Å². The van der Waals surface area contributed by atoms with Crippen LogP contribution < -0.4 is 0 Å². The van der Waals surface area contributed by atoms with Crippen LogP contribution in [0.4, 0.5) is 0 Å². The summed E-state index contributed by atoms with van der Waals surface area (Å²) in [5.74, 6) is -0.0583. The fourth-order valence-corrected chi connectivity index (χ4v) is 5.87.